The number of rotatable bonds is 10. The zero-order valence-corrected chi connectivity index (χ0v) is 18.5. The number of amides is 1. The van der Waals surface area contributed by atoms with E-state index in [1.807, 2.05) is 54.6 Å². The molecule has 0 spiro atoms. The molecule has 3 aromatic rings. The average Bonchev–Trinajstić information content (AvgIpc) is 2.77. The highest BCUT2D eigenvalue weighted by atomic mass is 32.2. The van der Waals surface area contributed by atoms with E-state index in [1.54, 1.807) is 4.57 Å². The van der Waals surface area contributed by atoms with Crippen LogP contribution < -0.4 is 10.9 Å². The molecule has 0 aliphatic rings. The number of carbonyl (C=O) groups excluding carboxylic acids is 1. The third-order valence-corrected chi connectivity index (χ3v) is 5.99. The number of nitrogens with zero attached hydrogens (tertiary/aromatic N) is 2. The maximum Gasteiger partial charge on any atom is 0.262 e. The van der Waals surface area contributed by atoms with E-state index in [2.05, 4.69) is 24.1 Å². The van der Waals surface area contributed by atoms with E-state index in [0.29, 0.717) is 22.6 Å². The lowest BCUT2D eigenvalue weighted by atomic mass is 10.0. The Morgan fingerprint density at radius 2 is 1.80 bits per heavy atom. The molecule has 158 valence electrons. The maximum absolute atomic E-state index is 13.0. The van der Waals surface area contributed by atoms with Gasteiger partial charge in [-0.15, -0.1) is 0 Å². The van der Waals surface area contributed by atoms with Gasteiger partial charge in [-0.25, -0.2) is 4.98 Å². The Labute approximate surface area is 181 Å². The van der Waals surface area contributed by atoms with Gasteiger partial charge in [0.15, 0.2) is 5.16 Å². The second kappa shape index (κ2) is 11.0. The van der Waals surface area contributed by atoms with Crippen molar-refractivity contribution in [2.24, 2.45) is 0 Å². The molecule has 0 aliphatic heterocycles. The highest BCUT2D eigenvalue weighted by molar-refractivity contribution is 7.99. The Bertz CT molecular complexity index is 1030. The van der Waals surface area contributed by atoms with E-state index in [4.69, 9.17) is 0 Å². The van der Waals surface area contributed by atoms with Crippen LogP contribution in [0.4, 0.5) is 0 Å². The number of carbonyl (C=O) groups is 1. The zero-order valence-electron chi connectivity index (χ0n) is 17.6. The lowest BCUT2D eigenvalue weighted by Gasteiger charge is -2.19. The van der Waals surface area contributed by atoms with Gasteiger partial charge in [0.2, 0.25) is 5.91 Å². The van der Waals surface area contributed by atoms with Crippen LogP contribution >= 0.6 is 11.8 Å². The van der Waals surface area contributed by atoms with Crippen molar-refractivity contribution in [3.63, 3.8) is 0 Å². The summed E-state index contributed by atoms with van der Waals surface area (Å²) in [6.07, 6.45) is 3.75. The molecule has 0 bridgehead atoms. The molecule has 1 atom stereocenters. The lowest BCUT2D eigenvalue weighted by Crippen LogP contribution is -2.30. The summed E-state index contributed by atoms with van der Waals surface area (Å²) in [6.45, 7) is 4.82. The van der Waals surface area contributed by atoms with Gasteiger partial charge in [-0.2, -0.15) is 0 Å². The van der Waals surface area contributed by atoms with Crippen LogP contribution in [0.2, 0.25) is 0 Å². The number of nitrogens with one attached hydrogen (secondary N) is 1. The minimum absolute atomic E-state index is 0.00357. The summed E-state index contributed by atoms with van der Waals surface area (Å²) in [6, 6.07) is 17.4. The second-order valence-corrected chi connectivity index (χ2v) is 8.27. The molecule has 0 unspecified atom stereocenters. The maximum atomic E-state index is 13.0. The van der Waals surface area contributed by atoms with Crippen molar-refractivity contribution in [1.29, 1.82) is 0 Å². The lowest BCUT2D eigenvalue weighted by molar-refractivity contribution is -0.119. The average molecular weight is 424 g/mol. The minimum atomic E-state index is -0.0493. The molecule has 3 rings (SSSR count). The first-order valence-corrected chi connectivity index (χ1v) is 11.6. The molecule has 1 aromatic heterocycles. The van der Waals surface area contributed by atoms with Crippen LogP contribution in [-0.4, -0.2) is 21.2 Å². The van der Waals surface area contributed by atoms with Crippen LogP contribution in [0.5, 0.6) is 0 Å². The fourth-order valence-electron chi connectivity index (χ4n) is 3.43. The molecule has 2 aromatic carbocycles. The highest BCUT2D eigenvalue weighted by Gasteiger charge is 2.16. The van der Waals surface area contributed by atoms with Crippen molar-refractivity contribution < 1.29 is 4.79 Å². The Balaban J connectivity index is 1.76. The van der Waals surface area contributed by atoms with Crippen LogP contribution in [0.1, 0.15) is 51.1 Å². The van der Waals surface area contributed by atoms with E-state index < -0.39 is 0 Å². The van der Waals surface area contributed by atoms with Gasteiger partial charge in [-0.1, -0.05) is 80.9 Å². The number of fused-ring (bicyclic) bond motifs is 1. The summed E-state index contributed by atoms with van der Waals surface area (Å²) < 4.78 is 1.71. The number of thioether (sulfide) groups is 1. The molecule has 0 aliphatic carbocycles. The quantitative estimate of drug-likeness (QED) is 0.370. The van der Waals surface area contributed by atoms with Gasteiger partial charge in [0.1, 0.15) is 0 Å². The third-order valence-electron chi connectivity index (χ3n) is 5.01. The molecule has 0 saturated carbocycles. The largest absolute Gasteiger partial charge is 0.349 e. The Kier molecular flexibility index (Phi) is 8.08. The van der Waals surface area contributed by atoms with E-state index in [0.717, 1.165) is 31.2 Å². The molecule has 5 nitrogen and oxygen atoms in total. The van der Waals surface area contributed by atoms with E-state index in [9.17, 15) is 9.59 Å². The van der Waals surface area contributed by atoms with Gasteiger partial charge >= 0.3 is 0 Å². The molecular formula is C24H29N3O2S. The zero-order chi connectivity index (χ0) is 21.3. The Morgan fingerprint density at radius 3 is 2.53 bits per heavy atom. The molecule has 0 radical (unpaired) electrons. The van der Waals surface area contributed by atoms with Gasteiger partial charge in [0.05, 0.1) is 22.7 Å². The predicted molar refractivity (Wildman–Crippen MR) is 124 cm³/mol. The molecular weight excluding hydrogens is 394 g/mol. The molecule has 0 fully saturated rings. The predicted octanol–water partition coefficient (Wildman–Crippen LogP) is 4.95. The van der Waals surface area contributed by atoms with Crippen LogP contribution in [0.3, 0.4) is 0 Å². The second-order valence-electron chi connectivity index (χ2n) is 7.33. The molecule has 1 N–H and O–H groups in total. The van der Waals surface area contributed by atoms with Crippen LogP contribution in [0, 0.1) is 0 Å². The highest BCUT2D eigenvalue weighted by Crippen LogP contribution is 2.21. The van der Waals surface area contributed by atoms with Gasteiger partial charge in [-0.05, 0) is 30.5 Å². The Hall–Kier alpha value is -2.60. The topological polar surface area (TPSA) is 64.0 Å². The fraction of sp³-hybridized carbons (Fsp3) is 0.375. The summed E-state index contributed by atoms with van der Waals surface area (Å²) >= 11 is 1.33. The minimum Gasteiger partial charge on any atom is -0.349 e. The molecule has 1 heterocycles. The summed E-state index contributed by atoms with van der Waals surface area (Å²) in [5.41, 5.74) is 1.75. The third kappa shape index (κ3) is 5.51. The first-order valence-electron chi connectivity index (χ1n) is 10.6. The SMILES string of the molecule is CCCCn1c(SCC(=O)N[C@@H](CCC)c2ccccc2)nc2ccccc2c1=O. The molecule has 6 heteroatoms. The summed E-state index contributed by atoms with van der Waals surface area (Å²) in [4.78, 5) is 30.3. The van der Waals surface area contributed by atoms with Crippen molar-refractivity contribution >= 4 is 28.6 Å². The van der Waals surface area contributed by atoms with Crippen molar-refractivity contribution in [3.05, 3.63) is 70.5 Å². The Morgan fingerprint density at radius 1 is 1.07 bits per heavy atom. The van der Waals surface area contributed by atoms with E-state index in [-0.39, 0.29) is 23.3 Å². The van der Waals surface area contributed by atoms with Gasteiger partial charge in [0.25, 0.3) is 5.56 Å². The van der Waals surface area contributed by atoms with Gasteiger partial charge < -0.3 is 5.32 Å². The first-order chi connectivity index (χ1) is 14.6. The van der Waals surface area contributed by atoms with Gasteiger partial charge in [-0.3, -0.25) is 14.2 Å². The standard InChI is InChI=1S/C24H29N3O2S/c1-3-5-16-27-23(29)19-14-9-10-15-21(19)26-24(27)30-17-22(28)25-20(11-4-2)18-12-7-6-8-13-18/h6-10,12-15,20H,3-5,11,16-17H2,1-2H3,(H,25,28)/t20-/m0/s1. The summed E-state index contributed by atoms with van der Waals surface area (Å²) in [5.74, 6) is 0.177. The van der Waals surface area contributed by atoms with Crippen molar-refractivity contribution in [2.75, 3.05) is 5.75 Å². The molecule has 1 amide bonds. The summed E-state index contributed by atoms with van der Waals surface area (Å²) in [5, 5.41) is 4.37. The van der Waals surface area contributed by atoms with E-state index in [1.165, 1.54) is 11.8 Å². The molecule has 30 heavy (non-hydrogen) atoms. The van der Waals surface area contributed by atoms with Crippen molar-refractivity contribution in [3.8, 4) is 0 Å². The van der Waals surface area contributed by atoms with Crippen molar-refractivity contribution in [2.45, 2.75) is 57.3 Å². The van der Waals surface area contributed by atoms with Crippen LogP contribution in [-0.2, 0) is 11.3 Å². The van der Waals surface area contributed by atoms with Crippen LogP contribution in [0.25, 0.3) is 10.9 Å². The number of hydrogen-bond acceptors (Lipinski definition) is 4. The summed E-state index contributed by atoms with van der Waals surface area (Å²) in [7, 11) is 0. The van der Waals surface area contributed by atoms with Gasteiger partial charge in [0, 0.05) is 6.54 Å². The van der Waals surface area contributed by atoms with E-state index >= 15 is 0 Å². The monoisotopic (exact) mass is 423 g/mol. The number of para-hydroxylation sites is 1. The fourth-order valence-corrected chi connectivity index (χ4v) is 4.27. The van der Waals surface area contributed by atoms with Crippen LogP contribution in [0.15, 0.2) is 64.5 Å². The molecule has 0 saturated heterocycles. The smallest absolute Gasteiger partial charge is 0.262 e. The number of aromatic nitrogens is 2. The number of benzene rings is 2. The first kappa shape index (κ1) is 22.1. The van der Waals surface area contributed by atoms with Crippen molar-refractivity contribution in [1.82, 2.24) is 14.9 Å². The normalized spacial score (nSPS) is 12.1. The number of hydrogen-bond donors (Lipinski definition) is 1. The number of unbranched alkanes of at least 4 members (excludes halogenated alkanes) is 1.